The fourth-order valence-corrected chi connectivity index (χ4v) is 4.82. The highest BCUT2D eigenvalue weighted by Crippen LogP contribution is 2.33. The third-order valence-corrected chi connectivity index (χ3v) is 6.92. The minimum atomic E-state index is -0.145. The van der Waals surface area contributed by atoms with Crippen LogP contribution in [0.25, 0.3) is 11.3 Å². The maximum atomic E-state index is 12.4. The van der Waals surface area contributed by atoms with Crippen molar-refractivity contribution in [3.05, 3.63) is 83.7 Å². The number of thioether (sulfide) groups is 1. The van der Waals surface area contributed by atoms with Crippen LogP contribution in [-0.2, 0) is 16.0 Å². The van der Waals surface area contributed by atoms with Crippen molar-refractivity contribution in [2.24, 2.45) is 0 Å². The van der Waals surface area contributed by atoms with Gasteiger partial charge >= 0.3 is 0 Å². The van der Waals surface area contributed by atoms with Gasteiger partial charge in [0.1, 0.15) is 0 Å². The molecule has 4 aromatic rings. The van der Waals surface area contributed by atoms with Crippen LogP contribution < -0.4 is 20.1 Å². The largest absolute Gasteiger partial charge is 0.493 e. The van der Waals surface area contributed by atoms with Gasteiger partial charge in [0.15, 0.2) is 16.6 Å². The van der Waals surface area contributed by atoms with Crippen LogP contribution in [0.3, 0.4) is 0 Å². The van der Waals surface area contributed by atoms with Crippen molar-refractivity contribution in [1.29, 1.82) is 0 Å². The SMILES string of the molecule is COc1ccc(-c2csc(NC(=O)CSc3ccc(NC(=O)Cc4ccccc4)cc3)n2)cc1OC. The summed E-state index contributed by atoms with van der Waals surface area (Å²) in [5.74, 6) is 1.28. The molecule has 0 saturated carbocycles. The zero-order valence-electron chi connectivity index (χ0n) is 19.8. The molecule has 3 aromatic carbocycles. The van der Waals surface area contributed by atoms with Gasteiger partial charge in [0.2, 0.25) is 11.8 Å². The first-order chi connectivity index (χ1) is 17.5. The number of ether oxygens (including phenoxy) is 2. The van der Waals surface area contributed by atoms with Gasteiger partial charge in [-0.1, -0.05) is 30.3 Å². The molecular formula is C27H25N3O4S2. The molecule has 0 spiro atoms. The second-order valence-corrected chi connectivity index (χ2v) is 9.59. The highest BCUT2D eigenvalue weighted by atomic mass is 32.2. The number of carbonyl (C=O) groups is 2. The van der Waals surface area contributed by atoms with E-state index in [1.54, 1.807) is 14.2 Å². The van der Waals surface area contributed by atoms with Gasteiger partial charge in [0.05, 0.1) is 32.1 Å². The van der Waals surface area contributed by atoms with Crippen LogP contribution in [-0.4, -0.2) is 36.8 Å². The molecule has 2 N–H and O–H groups in total. The summed E-state index contributed by atoms with van der Waals surface area (Å²) in [5, 5.41) is 8.16. The van der Waals surface area contributed by atoms with E-state index < -0.39 is 0 Å². The maximum Gasteiger partial charge on any atom is 0.236 e. The Morgan fingerprint density at radius 1 is 0.889 bits per heavy atom. The molecule has 0 saturated heterocycles. The second-order valence-electron chi connectivity index (χ2n) is 7.68. The zero-order valence-corrected chi connectivity index (χ0v) is 21.4. The molecular weight excluding hydrogens is 494 g/mol. The Labute approximate surface area is 217 Å². The number of benzene rings is 3. The molecule has 0 fully saturated rings. The van der Waals surface area contributed by atoms with Crippen LogP contribution in [0, 0.1) is 0 Å². The Balaban J connectivity index is 1.26. The smallest absolute Gasteiger partial charge is 0.236 e. The highest BCUT2D eigenvalue weighted by Gasteiger charge is 2.12. The molecule has 2 amide bonds. The fourth-order valence-electron chi connectivity index (χ4n) is 3.38. The van der Waals surface area contributed by atoms with Gasteiger partial charge < -0.3 is 20.1 Å². The molecule has 0 aliphatic heterocycles. The summed E-state index contributed by atoms with van der Waals surface area (Å²) in [7, 11) is 3.17. The van der Waals surface area contributed by atoms with Crippen molar-refractivity contribution in [3.8, 4) is 22.8 Å². The van der Waals surface area contributed by atoms with E-state index >= 15 is 0 Å². The van der Waals surface area contributed by atoms with E-state index in [4.69, 9.17) is 9.47 Å². The number of methoxy groups -OCH3 is 2. The molecule has 1 heterocycles. The van der Waals surface area contributed by atoms with Crippen molar-refractivity contribution >= 4 is 45.7 Å². The molecule has 4 rings (SSSR count). The van der Waals surface area contributed by atoms with Crippen molar-refractivity contribution in [2.45, 2.75) is 11.3 Å². The lowest BCUT2D eigenvalue weighted by molar-refractivity contribution is -0.115. The average molecular weight is 520 g/mol. The molecule has 7 nitrogen and oxygen atoms in total. The van der Waals surface area contributed by atoms with Gasteiger partial charge in [-0.3, -0.25) is 9.59 Å². The topological polar surface area (TPSA) is 89.6 Å². The number of anilines is 2. The second kappa shape index (κ2) is 12.2. The van der Waals surface area contributed by atoms with Crippen LogP contribution >= 0.6 is 23.1 Å². The lowest BCUT2D eigenvalue weighted by Gasteiger charge is -2.08. The molecule has 9 heteroatoms. The van der Waals surface area contributed by atoms with Crippen LogP contribution in [0.15, 0.2) is 83.1 Å². The molecule has 0 unspecified atom stereocenters. The lowest BCUT2D eigenvalue weighted by Crippen LogP contribution is -2.14. The summed E-state index contributed by atoms with van der Waals surface area (Å²) in [4.78, 5) is 30.1. The van der Waals surface area contributed by atoms with E-state index in [-0.39, 0.29) is 17.6 Å². The van der Waals surface area contributed by atoms with E-state index in [1.807, 2.05) is 78.2 Å². The number of rotatable bonds is 10. The maximum absolute atomic E-state index is 12.4. The summed E-state index contributed by atoms with van der Waals surface area (Å²) in [5.41, 5.74) is 3.29. The number of hydrogen-bond donors (Lipinski definition) is 2. The normalized spacial score (nSPS) is 10.5. The Bertz CT molecular complexity index is 1320. The molecule has 0 aliphatic carbocycles. The number of nitrogens with one attached hydrogen (secondary N) is 2. The lowest BCUT2D eigenvalue weighted by atomic mass is 10.1. The first kappa shape index (κ1) is 25.3. The molecule has 36 heavy (non-hydrogen) atoms. The van der Waals surface area contributed by atoms with Gasteiger partial charge in [0, 0.05) is 21.5 Å². The Hall–Kier alpha value is -3.82. The van der Waals surface area contributed by atoms with Gasteiger partial charge in [-0.25, -0.2) is 4.98 Å². The monoisotopic (exact) mass is 519 g/mol. The average Bonchev–Trinajstić information content (AvgIpc) is 3.36. The van der Waals surface area contributed by atoms with E-state index in [9.17, 15) is 9.59 Å². The van der Waals surface area contributed by atoms with E-state index in [0.717, 1.165) is 27.4 Å². The first-order valence-corrected chi connectivity index (χ1v) is 12.9. The number of carbonyl (C=O) groups excluding carboxylic acids is 2. The fraction of sp³-hybridized carbons (Fsp3) is 0.148. The molecule has 0 atom stereocenters. The summed E-state index contributed by atoms with van der Waals surface area (Å²) in [6, 6.07) is 22.6. The van der Waals surface area contributed by atoms with E-state index in [2.05, 4.69) is 15.6 Å². The summed E-state index contributed by atoms with van der Waals surface area (Å²) < 4.78 is 10.6. The minimum absolute atomic E-state index is 0.0723. The van der Waals surface area contributed by atoms with E-state index in [1.165, 1.54) is 23.1 Å². The molecule has 0 bridgehead atoms. The predicted octanol–water partition coefficient (Wildman–Crippen LogP) is 5.74. The first-order valence-electron chi connectivity index (χ1n) is 11.1. The van der Waals surface area contributed by atoms with Gasteiger partial charge in [-0.2, -0.15) is 0 Å². The molecule has 1 aromatic heterocycles. The minimum Gasteiger partial charge on any atom is -0.493 e. The van der Waals surface area contributed by atoms with Crippen LogP contribution in [0.2, 0.25) is 0 Å². The van der Waals surface area contributed by atoms with Crippen molar-refractivity contribution < 1.29 is 19.1 Å². The van der Waals surface area contributed by atoms with Crippen LogP contribution in [0.5, 0.6) is 11.5 Å². The number of hydrogen-bond acceptors (Lipinski definition) is 7. The standard InChI is InChI=1S/C27H25N3O4S2/c1-33-23-13-8-19(15-24(23)34-2)22-16-36-27(29-22)30-26(32)17-35-21-11-9-20(10-12-21)28-25(31)14-18-6-4-3-5-7-18/h3-13,15-16H,14,17H2,1-2H3,(H,28,31)(H,29,30,32). The Kier molecular flexibility index (Phi) is 8.59. The Morgan fingerprint density at radius 3 is 2.36 bits per heavy atom. The number of thiazole rings is 1. The summed E-state index contributed by atoms with van der Waals surface area (Å²) in [6.07, 6.45) is 0.321. The van der Waals surface area contributed by atoms with Gasteiger partial charge in [-0.05, 0) is 48.0 Å². The van der Waals surface area contributed by atoms with Gasteiger partial charge in [0.25, 0.3) is 0 Å². The van der Waals surface area contributed by atoms with Crippen LogP contribution in [0.4, 0.5) is 10.8 Å². The number of nitrogens with zero attached hydrogens (tertiary/aromatic N) is 1. The summed E-state index contributed by atoms with van der Waals surface area (Å²) >= 11 is 2.77. The zero-order chi connectivity index (χ0) is 25.3. The third kappa shape index (κ3) is 6.87. The number of aromatic nitrogens is 1. The van der Waals surface area contributed by atoms with Gasteiger partial charge in [-0.15, -0.1) is 23.1 Å². The molecule has 0 aliphatic rings. The van der Waals surface area contributed by atoms with Crippen molar-refractivity contribution in [1.82, 2.24) is 4.98 Å². The predicted molar refractivity (Wildman–Crippen MR) is 145 cm³/mol. The van der Waals surface area contributed by atoms with E-state index in [0.29, 0.717) is 23.1 Å². The third-order valence-electron chi connectivity index (χ3n) is 5.15. The molecule has 184 valence electrons. The highest BCUT2D eigenvalue weighted by molar-refractivity contribution is 8.00. The Morgan fingerprint density at radius 2 is 1.64 bits per heavy atom. The number of amides is 2. The summed E-state index contributed by atoms with van der Waals surface area (Å²) in [6.45, 7) is 0. The van der Waals surface area contributed by atoms with Crippen molar-refractivity contribution in [2.75, 3.05) is 30.6 Å². The van der Waals surface area contributed by atoms with Crippen molar-refractivity contribution in [3.63, 3.8) is 0 Å². The van der Waals surface area contributed by atoms with Crippen LogP contribution in [0.1, 0.15) is 5.56 Å². The quantitative estimate of drug-likeness (QED) is 0.260. The molecule has 0 radical (unpaired) electrons.